The SMILES string of the molecule is COC(=O)c1nc(N2CCCCCCC2)sc1C. The van der Waals surface area contributed by atoms with Crippen molar-refractivity contribution in [3.05, 3.63) is 10.6 Å². The molecule has 2 rings (SSSR count). The second-order valence-corrected chi connectivity index (χ2v) is 5.83. The van der Waals surface area contributed by atoms with Crippen molar-refractivity contribution in [1.82, 2.24) is 4.98 Å². The summed E-state index contributed by atoms with van der Waals surface area (Å²) < 4.78 is 4.75. The van der Waals surface area contributed by atoms with Crippen LogP contribution in [0.4, 0.5) is 5.13 Å². The van der Waals surface area contributed by atoms with Crippen molar-refractivity contribution < 1.29 is 9.53 Å². The van der Waals surface area contributed by atoms with E-state index in [0.717, 1.165) is 23.1 Å². The smallest absolute Gasteiger partial charge is 0.357 e. The van der Waals surface area contributed by atoms with Gasteiger partial charge in [-0.1, -0.05) is 19.3 Å². The summed E-state index contributed by atoms with van der Waals surface area (Å²) >= 11 is 1.59. The van der Waals surface area contributed by atoms with Gasteiger partial charge in [0, 0.05) is 18.0 Å². The number of aryl methyl sites for hydroxylation is 1. The lowest BCUT2D eigenvalue weighted by molar-refractivity contribution is 0.0594. The monoisotopic (exact) mass is 268 g/mol. The minimum absolute atomic E-state index is 0.331. The number of carbonyl (C=O) groups is 1. The van der Waals surface area contributed by atoms with Crippen LogP contribution in [0.15, 0.2) is 0 Å². The molecule has 1 saturated heterocycles. The maximum absolute atomic E-state index is 11.6. The number of hydrogen-bond donors (Lipinski definition) is 0. The fourth-order valence-electron chi connectivity index (χ4n) is 2.24. The molecule has 2 heterocycles. The highest BCUT2D eigenvalue weighted by atomic mass is 32.1. The molecule has 1 aliphatic rings. The third-order valence-electron chi connectivity index (χ3n) is 3.29. The summed E-state index contributed by atoms with van der Waals surface area (Å²) in [5.74, 6) is -0.331. The zero-order valence-electron chi connectivity index (χ0n) is 11.1. The lowest BCUT2D eigenvalue weighted by Gasteiger charge is -2.23. The van der Waals surface area contributed by atoms with Crippen molar-refractivity contribution in [1.29, 1.82) is 0 Å². The Morgan fingerprint density at radius 2 is 1.83 bits per heavy atom. The van der Waals surface area contributed by atoms with Crippen LogP contribution < -0.4 is 4.90 Å². The molecular weight excluding hydrogens is 248 g/mol. The number of nitrogens with zero attached hydrogens (tertiary/aromatic N) is 2. The fraction of sp³-hybridized carbons (Fsp3) is 0.692. The summed E-state index contributed by atoms with van der Waals surface area (Å²) in [6.07, 6.45) is 6.37. The van der Waals surface area contributed by atoms with Gasteiger partial charge in [0.2, 0.25) is 0 Å². The molecule has 0 bridgehead atoms. The van der Waals surface area contributed by atoms with E-state index < -0.39 is 0 Å². The highest BCUT2D eigenvalue weighted by Crippen LogP contribution is 2.27. The minimum atomic E-state index is -0.331. The number of aromatic nitrogens is 1. The second kappa shape index (κ2) is 6.18. The van der Waals surface area contributed by atoms with E-state index in [1.54, 1.807) is 11.3 Å². The van der Waals surface area contributed by atoms with Crippen LogP contribution in [0.3, 0.4) is 0 Å². The van der Waals surface area contributed by atoms with Crippen molar-refractivity contribution in [3.63, 3.8) is 0 Å². The molecule has 5 heteroatoms. The van der Waals surface area contributed by atoms with E-state index in [1.807, 2.05) is 6.92 Å². The highest BCUT2D eigenvalue weighted by molar-refractivity contribution is 7.15. The number of rotatable bonds is 2. The third kappa shape index (κ3) is 3.02. The van der Waals surface area contributed by atoms with Gasteiger partial charge in [0.25, 0.3) is 0 Å². The average molecular weight is 268 g/mol. The summed E-state index contributed by atoms with van der Waals surface area (Å²) in [5, 5.41) is 0.967. The second-order valence-electron chi connectivity index (χ2n) is 4.65. The molecule has 0 amide bonds. The third-order valence-corrected chi connectivity index (χ3v) is 4.32. The molecule has 0 radical (unpaired) electrons. The molecule has 1 fully saturated rings. The van der Waals surface area contributed by atoms with Gasteiger partial charge in [0.1, 0.15) is 0 Å². The number of methoxy groups -OCH3 is 1. The van der Waals surface area contributed by atoms with Crippen LogP contribution in [0.1, 0.15) is 47.5 Å². The highest BCUT2D eigenvalue weighted by Gasteiger charge is 2.19. The van der Waals surface area contributed by atoms with Crippen molar-refractivity contribution in [2.75, 3.05) is 25.1 Å². The Balaban J connectivity index is 2.14. The van der Waals surface area contributed by atoms with Crippen molar-refractivity contribution in [3.8, 4) is 0 Å². The summed E-state index contributed by atoms with van der Waals surface area (Å²) in [6.45, 7) is 4.03. The first-order valence-electron chi connectivity index (χ1n) is 6.53. The fourth-order valence-corrected chi connectivity index (χ4v) is 3.19. The van der Waals surface area contributed by atoms with E-state index in [-0.39, 0.29) is 5.97 Å². The summed E-state index contributed by atoms with van der Waals surface area (Å²) in [6, 6.07) is 0. The van der Waals surface area contributed by atoms with Gasteiger partial charge in [-0.3, -0.25) is 0 Å². The van der Waals surface area contributed by atoms with Gasteiger partial charge in [0.05, 0.1) is 7.11 Å². The van der Waals surface area contributed by atoms with E-state index in [9.17, 15) is 4.79 Å². The first kappa shape index (κ1) is 13.3. The van der Waals surface area contributed by atoms with Crippen molar-refractivity contribution in [2.24, 2.45) is 0 Å². The minimum Gasteiger partial charge on any atom is -0.464 e. The van der Waals surface area contributed by atoms with E-state index >= 15 is 0 Å². The van der Waals surface area contributed by atoms with E-state index in [4.69, 9.17) is 4.74 Å². The average Bonchev–Trinajstić information content (AvgIpc) is 2.70. The maximum Gasteiger partial charge on any atom is 0.357 e. The van der Waals surface area contributed by atoms with Gasteiger partial charge in [-0.25, -0.2) is 9.78 Å². The van der Waals surface area contributed by atoms with Gasteiger partial charge < -0.3 is 9.64 Å². The quantitative estimate of drug-likeness (QED) is 0.773. The topological polar surface area (TPSA) is 42.4 Å². The van der Waals surface area contributed by atoms with Gasteiger partial charge in [-0.2, -0.15) is 0 Å². The Morgan fingerprint density at radius 1 is 1.22 bits per heavy atom. The van der Waals surface area contributed by atoms with Crippen LogP contribution >= 0.6 is 11.3 Å². The molecule has 0 N–H and O–H groups in total. The molecular formula is C13H20N2O2S. The molecule has 4 nitrogen and oxygen atoms in total. The molecule has 1 aromatic rings. The zero-order chi connectivity index (χ0) is 13.0. The molecule has 18 heavy (non-hydrogen) atoms. The number of anilines is 1. The number of ether oxygens (including phenoxy) is 1. The normalized spacial score (nSPS) is 17.1. The predicted molar refractivity (Wildman–Crippen MR) is 73.5 cm³/mol. The number of carbonyl (C=O) groups excluding carboxylic acids is 1. The first-order valence-corrected chi connectivity index (χ1v) is 7.34. The lowest BCUT2D eigenvalue weighted by atomic mass is 10.1. The van der Waals surface area contributed by atoms with Crippen molar-refractivity contribution in [2.45, 2.75) is 39.0 Å². The van der Waals surface area contributed by atoms with Crippen LogP contribution in [0.5, 0.6) is 0 Å². The number of thiazole rings is 1. The van der Waals surface area contributed by atoms with Crippen LogP contribution in [-0.2, 0) is 4.74 Å². The molecule has 0 saturated carbocycles. The van der Waals surface area contributed by atoms with Gasteiger partial charge >= 0.3 is 5.97 Å². The number of esters is 1. The van der Waals surface area contributed by atoms with E-state index in [0.29, 0.717) is 5.69 Å². The summed E-state index contributed by atoms with van der Waals surface area (Å²) in [5.41, 5.74) is 0.472. The van der Waals surface area contributed by atoms with Crippen LogP contribution in [0.25, 0.3) is 0 Å². The summed E-state index contributed by atoms with van der Waals surface area (Å²) in [4.78, 5) is 19.3. The lowest BCUT2D eigenvalue weighted by Crippen LogP contribution is -2.26. The molecule has 100 valence electrons. The van der Waals surface area contributed by atoms with E-state index in [2.05, 4.69) is 9.88 Å². The maximum atomic E-state index is 11.6. The zero-order valence-corrected chi connectivity index (χ0v) is 11.9. The Hall–Kier alpha value is -1.10. The van der Waals surface area contributed by atoms with Crippen LogP contribution in [0, 0.1) is 6.92 Å². The molecule has 0 spiro atoms. The molecule has 0 aromatic carbocycles. The molecule has 1 aromatic heterocycles. The van der Waals surface area contributed by atoms with Gasteiger partial charge in [-0.05, 0) is 19.8 Å². The van der Waals surface area contributed by atoms with Gasteiger partial charge in [-0.15, -0.1) is 11.3 Å². The Kier molecular flexibility index (Phi) is 4.58. The first-order chi connectivity index (χ1) is 8.72. The molecule has 0 unspecified atom stereocenters. The molecule has 0 atom stereocenters. The Bertz CT molecular complexity index is 409. The standard InChI is InChI=1S/C13H20N2O2S/c1-10-11(12(16)17-2)14-13(18-10)15-8-6-4-3-5-7-9-15/h3-9H2,1-2H3. The largest absolute Gasteiger partial charge is 0.464 e. The summed E-state index contributed by atoms with van der Waals surface area (Å²) in [7, 11) is 1.40. The van der Waals surface area contributed by atoms with Gasteiger partial charge in [0.15, 0.2) is 10.8 Å². The Labute approximate surface area is 112 Å². The van der Waals surface area contributed by atoms with Crippen molar-refractivity contribution >= 4 is 22.4 Å². The van der Waals surface area contributed by atoms with E-state index in [1.165, 1.54) is 39.2 Å². The van der Waals surface area contributed by atoms with Crippen LogP contribution in [0.2, 0.25) is 0 Å². The number of hydrogen-bond acceptors (Lipinski definition) is 5. The molecule has 1 aliphatic heterocycles. The Morgan fingerprint density at radius 3 is 2.44 bits per heavy atom. The van der Waals surface area contributed by atoms with Crippen LogP contribution in [-0.4, -0.2) is 31.2 Å². The molecule has 0 aliphatic carbocycles. The predicted octanol–water partition coefficient (Wildman–Crippen LogP) is 3.01.